The molecule has 0 spiro atoms. The van der Waals surface area contributed by atoms with Crippen LogP contribution in [0.25, 0.3) is 0 Å². The lowest BCUT2D eigenvalue weighted by Gasteiger charge is -2.28. The first-order chi connectivity index (χ1) is 17.0. The van der Waals surface area contributed by atoms with Crippen molar-refractivity contribution >= 4 is 34.7 Å². The van der Waals surface area contributed by atoms with E-state index < -0.39 is 0 Å². The van der Waals surface area contributed by atoms with E-state index in [0.29, 0.717) is 53.4 Å². The van der Waals surface area contributed by atoms with Crippen LogP contribution in [0, 0.1) is 13.8 Å². The average molecular weight is 499 g/mol. The van der Waals surface area contributed by atoms with Crippen LogP contribution in [0.3, 0.4) is 0 Å². The van der Waals surface area contributed by atoms with E-state index in [2.05, 4.69) is 20.2 Å². The number of nitrogens with one attached hydrogen (secondary N) is 1. The number of fused-ring (bicyclic) bond motifs is 3. The molecule has 2 aromatic rings. The quantitative estimate of drug-likeness (QED) is 0.585. The highest BCUT2D eigenvalue weighted by Gasteiger charge is 2.33. The van der Waals surface area contributed by atoms with E-state index in [1.165, 1.54) is 11.3 Å². The van der Waals surface area contributed by atoms with Gasteiger partial charge in [0.1, 0.15) is 16.4 Å². The van der Waals surface area contributed by atoms with Gasteiger partial charge in [0.15, 0.2) is 11.5 Å². The van der Waals surface area contributed by atoms with E-state index in [-0.39, 0.29) is 5.91 Å². The molecule has 0 atom stereocenters. The van der Waals surface area contributed by atoms with Gasteiger partial charge in [0.25, 0.3) is 5.91 Å². The molecule has 0 unspecified atom stereocenters. The molecular weight excluding hydrogens is 468 g/mol. The zero-order valence-corrected chi connectivity index (χ0v) is 21.1. The predicted octanol–water partition coefficient (Wildman–Crippen LogP) is 2.36. The van der Waals surface area contributed by atoms with Crippen LogP contribution in [0.4, 0.5) is 5.69 Å². The topological polar surface area (TPSA) is 101 Å². The number of thiazole rings is 1. The molecule has 0 radical (unpaired) electrons. The smallest absolute Gasteiger partial charge is 0.269 e. The monoisotopic (exact) mass is 498 g/mol. The molecule has 1 N–H and O–H groups in total. The Hall–Kier alpha value is -3.02. The highest BCUT2D eigenvalue weighted by atomic mass is 32.1. The van der Waals surface area contributed by atoms with Crippen molar-refractivity contribution < 1.29 is 19.0 Å². The first kappa shape index (κ1) is 23.7. The minimum Gasteiger partial charge on any atom is -0.491 e. The zero-order chi connectivity index (χ0) is 24.4. The summed E-state index contributed by atoms with van der Waals surface area (Å²) in [6.07, 6.45) is 0.902. The molecule has 3 aliphatic heterocycles. The Balaban J connectivity index is 1.36. The SMILES string of the molecule is COc1c(OCCCN2CCOCC2)ccc2c1N=C(NC(=O)c1sc(C)nc1C)N1CCN=C21. The van der Waals surface area contributed by atoms with E-state index >= 15 is 0 Å². The van der Waals surface area contributed by atoms with Gasteiger partial charge in [0.05, 0.1) is 44.2 Å². The van der Waals surface area contributed by atoms with E-state index in [1.807, 2.05) is 30.9 Å². The Morgan fingerprint density at radius 3 is 2.80 bits per heavy atom. The average Bonchev–Trinajstić information content (AvgIpc) is 3.48. The second-order valence-corrected chi connectivity index (χ2v) is 9.75. The van der Waals surface area contributed by atoms with Gasteiger partial charge in [0, 0.05) is 31.7 Å². The van der Waals surface area contributed by atoms with Crippen molar-refractivity contribution in [3.63, 3.8) is 0 Å². The van der Waals surface area contributed by atoms with Crippen molar-refractivity contribution in [2.24, 2.45) is 9.98 Å². The predicted molar refractivity (Wildman–Crippen MR) is 135 cm³/mol. The second kappa shape index (κ2) is 10.3. The minimum absolute atomic E-state index is 0.226. The number of morpholine rings is 1. The standard InChI is InChI=1S/C24H30N6O4S/c1-15-21(35-16(2)26-15)23(31)28-24-27-19-17(22-25-7-9-30(22)24)5-6-18(20(19)32-3)34-12-4-8-29-10-13-33-14-11-29/h5-6H,4,7-14H2,1-3H3,(H,27,28,31). The molecule has 0 saturated carbocycles. The molecule has 5 rings (SSSR count). The number of aliphatic imine (C=N–C) groups is 2. The first-order valence-electron chi connectivity index (χ1n) is 11.9. The summed E-state index contributed by atoms with van der Waals surface area (Å²) < 4.78 is 17.3. The van der Waals surface area contributed by atoms with Crippen molar-refractivity contribution in [3.8, 4) is 11.5 Å². The summed E-state index contributed by atoms with van der Waals surface area (Å²) in [4.78, 5) is 31.8. The number of rotatable bonds is 7. The van der Waals surface area contributed by atoms with Gasteiger partial charge in [-0.25, -0.2) is 9.98 Å². The van der Waals surface area contributed by atoms with E-state index in [1.54, 1.807) is 7.11 Å². The third-order valence-electron chi connectivity index (χ3n) is 6.17. The van der Waals surface area contributed by atoms with Crippen molar-refractivity contribution in [2.45, 2.75) is 20.3 Å². The number of aryl methyl sites for hydroxylation is 2. The van der Waals surface area contributed by atoms with Gasteiger partial charge in [-0.3, -0.25) is 24.9 Å². The molecule has 11 heteroatoms. The summed E-state index contributed by atoms with van der Waals surface area (Å²) in [5.74, 6) is 2.16. The number of guanidine groups is 1. The van der Waals surface area contributed by atoms with Gasteiger partial charge in [-0.2, -0.15) is 0 Å². The van der Waals surface area contributed by atoms with Gasteiger partial charge >= 0.3 is 0 Å². The summed E-state index contributed by atoms with van der Waals surface area (Å²) in [5.41, 5.74) is 2.19. The summed E-state index contributed by atoms with van der Waals surface area (Å²) >= 11 is 1.37. The van der Waals surface area contributed by atoms with Crippen LogP contribution in [0.2, 0.25) is 0 Å². The summed E-state index contributed by atoms with van der Waals surface area (Å²) in [6.45, 7) is 10.0. The van der Waals surface area contributed by atoms with Gasteiger partial charge in [-0.05, 0) is 32.4 Å². The Labute approximate surface area is 208 Å². The molecule has 0 bridgehead atoms. The highest BCUT2D eigenvalue weighted by molar-refractivity contribution is 7.13. The molecule has 1 amide bonds. The number of aromatic nitrogens is 1. The van der Waals surface area contributed by atoms with Crippen LogP contribution in [-0.4, -0.2) is 92.1 Å². The van der Waals surface area contributed by atoms with E-state index in [0.717, 1.165) is 55.7 Å². The maximum Gasteiger partial charge on any atom is 0.269 e. The van der Waals surface area contributed by atoms with Crippen LogP contribution < -0.4 is 14.8 Å². The molecule has 1 fully saturated rings. The van der Waals surface area contributed by atoms with Crippen molar-refractivity contribution in [2.75, 3.05) is 59.7 Å². The number of ether oxygens (including phenoxy) is 3. The van der Waals surface area contributed by atoms with Gasteiger partial charge < -0.3 is 14.2 Å². The Bertz CT molecular complexity index is 1170. The molecule has 1 aromatic heterocycles. The Morgan fingerprint density at radius 1 is 1.23 bits per heavy atom. The number of methoxy groups -OCH3 is 1. The minimum atomic E-state index is -0.226. The number of hydrogen-bond acceptors (Lipinski definition) is 10. The molecule has 1 saturated heterocycles. The van der Waals surface area contributed by atoms with Crippen LogP contribution >= 0.6 is 11.3 Å². The maximum atomic E-state index is 13.0. The van der Waals surface area contributed by atoms with Crippen LogP contribution in [-0.2, 0) is 4.74 Å². The van der Waals surface area contributed by atoms with Gasteiger partial charge in [0.2, 0.25) is 5.96 Å². The number of benzene rings is 1. The molecule has 10 nitrogen and oxygen atoms in total. The maximum absolute atomic E-state index is 13.0. The number of carbonyl (C=O) groups excluding carboxylic acids is 1. The third kappa shape index (κ3) is 4.89. The fourth-order valence-corrected chi connectivity index (χ4v) is 5.31. The van der Waals surface area contributed by atoms with Crippen LogP contribution in [0.5, 0.6) is 11.5 Å². The molecular formula is C24H30N6O4S. The molecule has 4 heterocycles. The van der Waals surface area contributed by atoms with E-state index in [4.69, 9.17) is 19.2 Å². The third-order valence-corrected chi connectivity index (χ3v) is 7.24. The zero-order valence-electron chi connectivity index (χ0n) is 20.3. The number of amidine groups is 1. The van der Waals surface area contributed by atoms with Gasteiger partial charge in [-0.1, -0.05) is 0 Å². The van der Waals surface area contributed by atoms with Crippen LogP contribution in [0.15, 0.2) is 22.1 Å². The fraction of sp³-hybridized carbons (Fsp3) is 0.500. The van der Waals surface area contributed by atoms with Crippen molar-refractivity contribution in [1.82, 2.24) is 20.1 Å². The van der Waals surface area contributed by atoms with E-state index in [9.17, 15) is 4.79 Å². The number of amides is 1. The summed E-state index contributed by atoms with van der Waals surface area (Å²) in [7, 11) is 1.61. The number of nitrogens with zero attached hydrogens (tertiary/aromatic N) is 5. The number of carbonyl (C=O) groups is 1. The molecule has 3 aliphatic rings. The molecule has 1 aromatic carbocycles. The number of hydrogen-bond donors (Lipinski definition) is 1. The van der Waals surface area contributed by atoms with Crippen molar-refractivity contribution in [1.29, 1.82) is 0 Å². The van der Waals surface area contributed by atoms with Gasteiger partial charge in [-0.15, -0.1) is 11.3 Å². The Morgan fingerprint density at radius 2 is 2.06 bits per heavy atom. The molecule has 186 valence electrons. The second-order valence-electron chi connectivity index (χ2n) is 8.54. The largest absolute Gasteiger partial charge is 0.491 e. The normalized spacial score (nSPS) is 17.4. The molecule has 35 heavy (non-hydrogen) atoms. The fourth-order valence-electron chi connectivity index (χ4n) is 4.50. The van der Waals surface area contributed by atoms with Crippen molar-refractivity contribution in [3.05, 3.63) is 33.3 Å². The first-order valence-corrected chi connectivity index (χ1v) is 12.7. The molecule has 0 aliphatic carbocycles. The lowest BCUT2D eigenvalue weighted by atomic mass is 10.1. The van der Waals surface area contributed by atoms with Crippen LogP contribution in [0.1, 0.15) is 32.4 Å². The lowest BCUT2D eigenvalue weighted by molar-refractivity contribution is 0.0357. The Kier molecular flexibility index (Phi) is 6.98. The summed E-state index contributed by atoms with van der Waals surface area (Å²) in [6, 6.07) is 3.87. The lowest BCUT2D eigenvalue weighted by Crippen LogP contribution is -2.47. The summed E-state index contributed by atoms with van der Waals surface area (Å²) in [5, 5.41) is 3.83. The highest BCUT2D eigenvalue weighted by Crippen LogP contribution is 2.43.